The Balaban J connectivity index is 2.29. The Labute approximate surface area is 116 Å². The fourth-order valence-electron chi connectivity index (χ4n) is 2.17. The second-order valence-electron chi connectivity index (χ2n) is 5.99. The summed E-state index contributed by atoms with van der Waals surface area (Å²) in [6, 6.07) is 7.91. The van der Waals surface area contributed by atoms with Crippen molar-refractivity contribution in [2.75, 3.05) is 20.3 Å². The molecule has 3 nitrogen and oxygen atoms in total. The van der Waals surface area contributed by atoms with Crippen LogP contribution in [0.5, 0.6) is 5.75 Å². The van der Waals surface area contributed by atoms with E-state index in [-0.39, 0.29) is 12.0 Å². The Kier molecular flexibility index (Phi) is 6.32. The third-order valence-corrected chi connectivity index (χ3v) is 3.16. The van der Waals surface area contributed by atoms with Gasteiger partial charge in [-0.3, -0.25) is 0 Å². The molecule has 1 unspecified atom stereocenters. The monoisotopic (exact) mass is 266 g/mol. The van der Waals surface area contributed by atoms with Crippen molar-refractivity contribution in [1.82, 2.24) is 0 Å². The van der Waals surface area contributed by atoms with Crippen molar-refractivity contribution in [1.29, 1.82) is 0 Å². The van der Waals surface area contributed by atoms with Crippen molar-refractivity contribution in [2.24, 2.45) is 11.3 Å². The molecule has 0 aliphatic carbocycles. The van der Waals surface area contributed by atoms with Gasteiger partial charge in [0, 0.05) is 13.2 Å². The minimum Gasteiger partial charge on any atom is -0.497 e. The van der Waals surface area contributed by atoms with Gasteiger partial charge in [-0.25, -0.2) is 0 Å². The highest BCUT2D eigenvalue weighted by atomic mass is 16.5. The van der Waals surface area contributed by atoms with Crippen LogP contribution in [-0.4, -0.2) is 25.4 Å². The molecule has 19 heavy (non-hydrogen) atoms. The first-order chi connectivity index (χ1) is 8.96. The Bertz CT molecular complexity index is 357. The Hall–Kier alpha value is -1.06. The quantitative estimate of drug-likeness (QED) is 0.785. The van der Waals surface area contributed by atoms with Crippen LogP contribution >= 0.6 is 0 Å². The lowest BCUT2D eigenvalue weighted by Crippen LogP contribution is -2.22. The summed E-state index contributed by atoms with van der Waals surface area (Å²) in [5, 5.41) is 9.24. The number of aliphatic hydroxyl groups excluding tert-OH is 1. The van der Waals surface area contributed by atoms with Crippen molar-refractivity contribution in [3.8, 4) is 5.75 Å². The van der Waals surface area contributed by atoms with Gasteiger partial charge < -0.3 is 14.6 Å². The molecule has 0 spiro atoms. The summed E-state index contributed by atoms with van der Waals surface area (Å²) in [5.74, 6) is 1.31. The molecule has 0 amide bonds. The van der Waals surface area contributed by atoms with Crippen LogP contribution < -0.4 is 4.74 Å². The van der Waals surface area contributed by atoms with E-state index < -0.39 is 0 Å². The van der Waals surface area contributed by atoms with E-state index in [0.717, 1.165) is 24.3 Å². The van der Waals surface area contributed by atoms with Gasteiger partial charge >= 0.3 is 0 Å². The first-order valence-corrected chi connectivity index (χ1v) is 6.78. The first kappa shape index (κ1) is 16.0. The van der Waals surface area contributed by atoms with E-state index >= 15 is 0 Å². The highest BCUT2D eigenvalue weighted by Crippen LogP contribution is 2.24. The van der Waals surface area contributed by atoms with E-state index in [1.165, 1.54) is 0 Å². The third-order valence-electron chi connectivity index (χ3n) is 3.16. The van der Waals surface area contributed by atoms with Crippen LogP contribution in [0.25, 0.3) is 0 Å². The van der Waals surface area contributed by atoms with Crippen molar-refractivity contribution in [3.05, 3.63) is 29.8 Å². The molecule has 0 saturated heterocycles. The zero-order valence-electron chi connectivity index (χ0n) is 12.5. The summed E-state index contributed by atoms with van der Waals surface area (Å²) in [6.07, 6.45) is 0.964. The maximum Gasteiger partial charge on any atom is 0.118 e. The van der Waals surface area contributed by atoms with Crippen LogP contribution in [0.15, 0.2) is 24.3 Å². The number of hydrogen-bond acceptors (Lipinski definition) is 3. The predicted molar refractivity (Wildman–Crippen MR) is 77.3 cm³/mol. The normalized spacial score (nSPS) is 13.3. The summed E-state index contributed by atoms with van der Waals surface area (Å²) >= 11 is 0. The van der Waals surface area contributed by atoms with E-state index in [1.807, 2.05) is 24.3 Å². The fraction of sp³-hybridized carbons (Fsp3) is 0.625. The number of rotatable bonds is 8. The maximum atomic E-state index is 9.24. The second kappa shape index (κ2) is 7.51. The fourth-order valence-corrected chi connectivity index (χ4v) is 2.17. The molecule has 0 aromatic heterocycles. The molecular formula is C16H26O3. The zero-order chi connectivity index (χ0) is 14.3. The lowest BCUT2D eigenvalue weighted by atomic mass is 9.84. The largest absolute Gasteiger partial charge is 0.497 e. The molecular weight excluding hydrogens is 240 g/mol. The maximum absolute atomic E-state index is 9.24. The lowest BCUT2D eigenvalue weighted by Gasteiger charge is -2.25. The van der Waals surface area contributed by atoms with Crippen LogP contribution in [0, 0.1) is 11.3 Å². The molecule has 1 N–H and O–H groups in total. The number of methoxy groups -OCH3 is 1. The summed E-state index contributed by atoms with van der Waals surface area (Å²) < 4.78 is 10.8. The van der Waals surface area contributed by atoms with Crippen molar-refractivity contribution in [2.45, 2.75) is 33.8 Å². The van der Waals surface area contributed by atoms with E-state index in [9.17, 15) is 5.11 Å². The van der Waals surface area contributed by atoms with Gasteiger partial charge in [0.25, 0.3) is 0 Å². The van der Waals surface area contributed by atoms with E-state index in [2.05, 4.69) is 20.8 Å². The molecule has 108 valence electrons. The SMILES string of the molecule is COc1ccc(COCC(C)CC(C)(C)CO)cc1. The third kappa shape index (κ3) is 6.08. The van der Waals surface area contributed by atoms with E-state index in [0.29, 0.717) is 12.5 Å². The number of ether oxygens (including phenoxy) is 2. The predicted octanol–water partition coefficient (Wildman–Crippen LogP) is 3.26. The topological polar surface area (TPSA) is 38.7 Å². The summed E-state index contributed by atoms with van der Waals surface area (Å²) in [5.41, 5.74) is 1.12. The summed E-state index contributed by atoms with van der Waals surface area (Å²) in [4.78, 5) is 0. The summed E-state index contributed by atoms with van der Waals surface area (Å²) in [7, 11) is 1.66. The molecule has 0 aliphatic rings. The van der Waals surface area contributed by atoms with E-state index in [4.69, 9.17) is 9.47 Å². The standard InChI is InChI=1S/C16H26O3/c1-13(9-16(2,3)12-17)10-19-11-14-5-7-15(18-4)8-6-14/h5-8,13,17H,9-12H2,1-4H3. The van der Waals surface area contributed by atoms with Crippen LogP contribution in [0.2, 0.25) is 0 Å². The van der Waals surface area contributed by atoms with Crippen molar-refractivity contribution in [3.63, 3.8) is 0 Å². The summed E-state index contributed by atoms with van der Waals surface area (Å²) in [6.45, 7) is 7.87. The average molecular weight is 266 g/mol. The highest BCUT2D eigenvalue weighted by Gasteiger charge is 2.20. The minimum atomic E-state index is -0.0249. The molecule has 0 saturated carbocycles. The Morgan fingerprint density at radius 1 is 1.21 bits per heavy atom. The molecule has 0 aliphatic heterocycles. The van der Waals surface area contributed by atoms with Gasteiger partial charge in [-0.15, -0.1) is 0 Å². The molecule has 1 atom stereocenters. The first-order valence-electron chi connectivity index (χ1n) is 6.78. The average Bonchev–Trinajstić information content (AvgIpc) is 2.39. The molecule has 1 aromatic carbocycles. The number of aliphatic hydroxyl groups is 1. The van der Waals surface area contributed by atoms with Gasteiger partial charge in [0.2, 0.25) is 0 Å². The van der Waals surface area contributed by atoms with Crippen LogP contribution in [0.3, 0.4) is 0 Å². The van der Waals surface area contributed by atoms with Gasteiger partial charge in [0.1, 0.15) is 5.75 Å². The molecule has 0 heterocycles. The molecule has 1 aromatic rings. The van der Waals surface area contributed by atoms with Crippen LogP contribution in [0.1, 0.15) is 32.8 Å². The second-order valence-corrected chi connectivity index (χ2v) is 5.99. The van der Waals surface area contributed by atoms with Gasteiger partial charge in [0.15, 0.2) is 0 Å². The van der Waals surface area contributed by atoms with Gasteiger partial charge in [-0.2, -0.15) is 0 Å². The molecule has 0 fully saturated rings. The smallest absolute Gasteiger partial charge is 0.118 e. The van der Waals surface area contributed by atoms with E-state index in [1.54, 1.807) is 7.11 Å². The van der Waals surface area contributed by atoms with Crippen LogP contribution in [-0.2, 0) is 11.3 Å². The lowest BCUT2D eigenvalue weighted by molar-refractivity contribution is 0.0613. The van der Waals surface area contributed by atoms with Crippen molar-refractivity contribution >= 4 is 0 Å². The molecule has 3 heteroatoms. The highest BCUT2D eigenvalue weighted by molar-refractivity contribution is 5.26. The number of hydrogen-bond donors (Lipinski definition) is 1. The molecule has 0 radical (unpaired) electrons. The van der Waals surface area contributed by atoms with Gasteiger partial charge in [-0.05, 0) is 35.4 Å². The minimum absolute atomic E-state index is 0.0249. The molecule has 1 rings (SSSR count). The Morgan fingerprint density at radius 2 is 1.84 bits per heavy atom. The number of benzene rings is 1. The molecule has 0 bridgehead atoms. The van der Waals surface area contributed by atoms with Gasteiger partial charge in [-0.1, -0.05) is 32.9 Å². The van der Waals surface area contributed by atoms with Crippen LogP contribution in [0.4, 0.5) is 0 Å². The van der Waals surface area contributed by atoms with Gasteiger partial charge in [0.05, 0.1) is 13.7 Å². The zero-order valence-corrected chi connectivity index (χ0v) is 12.5. The van der Waals surface area contributed by atoms with Crippen molar-refractivity contribution < 1.29 is 14.6 Å². The Morgan fingerprint density at radius 3 is 2.37 bits per heavy atom.